The van der Waals surface area contributed by atoms with Gasteiger partial charge in [0.1, 0.15) is 11.5 Å². The summed E-state index contributed by atoms with van der Waals surface area (Å²) in [5.41, 5.74) is 2.45. The minimum absolute atomic E-state index is 0. The Hall–Kier alpha value is -1.24. The van der Waals surface area contributed by atoms with Crippen molar-refractivity contribution in [2.45, 2.75) is 13.8 Å². The monoisotopic (exact) mass is 296 g/mol. The van der Waals surface area contributed by atoms with Gasteiger partial charge in [0.15, 0.2) is 0 Å². The zero-order valence-electron chi connectivity index (χ0n) is 11.3. The van der Waals surface area contributed by atoms with Crippen LogP contribution in [0.15, 0.2) is 48.5 Å². The van der Waals surface area contributed by atoms with Gasteiger partial charge in [-0.25, -0.2) is 0 Å². The summed E-state index contributed by atoms with van der Waals surface area (Å²) in [6.07, 6.45) is 0. The molecule has 2 nitrogen and oxygen atoms in total. The van der Waals surface area contributed by atoms with Crippen molar-refractivity contribution in [2.75, 3.05) is 6.66 Å². The number of aryl methyl sites for hydroxylation is 2. The van der Waals surface area contributed by atoms with Gasteiger partial charge in [0, 0.05) is 6.66 Å². The van der Waals surface area contributed by atoms with Gasteiger partial charge in [0.2, 0.25) is 0 Å². The van der Waals surface area contributed by atoms with Gasteiger partial charge < -0.3 is 9.05 Å². The average Bonchev–Trinajstić information content (AvgIpc) is 2.35. The number of halogens is 1. The summed E-state index contributed by atoms with van der Waals surface area (Å²) in [5.74, 6) is 1.70. The van der Waals surface area contributed by atoms with Crippen LogP contribution in [0, 0.1) is 13.8 Å². The molecule has 0 aliphatic rings. The topological polar surface area (TPSA) is 18.5 Å². The van der Waals surface area contributed by atoms with E-state index in [9.17, 15) is 0 Å². The van der Waals surface area contributed by atoms with E-state index >= 15 is 0 Å². The Labute approximate surface area is 122 Å². The molecule has 0 spiro atoms. The molecule has 102 valence electrons. The van der Waals surface area contributed by atoms with Crippen molar-refractivity contribution in [3.8, 4) is 11.5 Å². The molecule has 0 amide bonds. The molecule has 0 aliphatic carbocycles. The van der Waals surface area contributed by atoms with Crippen LogP contribution >= 0.6 is 20.8 Å². The molecule has 2 rings (SSSR count). The summed E-state index contributed by atoms with van der Waals surface area (Å²) < 4.78 is 11.5. The number of rotatable bonds is 4. The molecule has 4 heteroatoms. The lowest BCUT2D eigenvalue weighted by atomic mass is 10.2. The van der Waals surface area contributed by atoms with Gasteiger partial charge in [0.25, 0.3) is 8.38 Å². The Morgan fingerprint density at radius 3 is 1.32 bits per heavy atom. The highest BCUT2D eigenvalue weighted by Gasteiger charge is 2.07. The Balaban J connectivity index is 0.00000180. The van der Waals surface area contributed by atoms with E-state index in [2.05, 4.69) is 13.8 Å². The van der Waals surface area contributed by atoms with Crippen LogP contribution in [0.3, 0.4) is 0 Å². The molecule has 0 saturated heterocycles. The predicted molar refractivity (Wildman–Crippen MR) is 83.7 cm³/mol. The zero-order chi connectivity index (χ0) is 13.0. The van der Waals surface area contributed by atoms with E-state index in [0.29, 0.717) is 0 Å². The number of hydrogen-bond donors (Lipinski definition) is 0. The second-order valence-electron chi connectivity index (χ2n) is 4.25. The van der Waals surface area contributed by atoms with Crippen LogP contribution in [0.2, 0.25) is 0 Å². The molecule has 0 heterocycles. The molecule has 0 bridgehead atoms. The first-order chi connectivity index (χ1) is 8.63. The van der Waals surface area contributed by atoms with E-state index < -0.39 is 8.38 Å². The normalized spacial score (nSPS) is 9.89. The van der Waals surface area contributed by atoms with Crippen LogP contribution in [0.1, 0.15) is 11.1 Å². The largest absolute Gasteiger partial charge is 0.439 e. The third kappa shape index (κ3) is 5.10. The lowest BCUT2D eigenvalue weighted by molar-refractivity contribution is 0.496. The summed E-state index contributed by atoms with van der Waals surface area (Å²) in [7, 11) is -0.952. The van der Waals surface area contributed by atoms with E-state index in [0.717, 1.165) is 11.5 Å². The SMILES string of the molecule is Cc1ccc(OP(C)Oc2ccc(C)cc2)cc1.Cl. The van der Waals surface area contributed by atoms with Crippen molar-refractivity contribution in [1.82, 2.24) is 0 Å². The van der Waals surface area contributed by atoms with Gasteiger partial charge in [-0.05, 0) is 38.1 Å². The molecule has 2 aromatic carbocycles. The lowest BCUT2D eigenvalue weighted by Crippen LogP contribution is -1.93. The number of benzene rings is 2. The smallest absolute Gasteiger partial charge is 0.286 e. The summed E-state index contributed by atoms with van der Waals surface area (Å²) in [6.45, 7) is 6.07. The molecule has 0 atom stereocenters. The lowest BCUT2D eigenvalue weighted by Gasteiger charge is -2.15. The predicted octanol–water partition coefficient (Wildman–Crippen LogP) is 5.12. The molecule has 0 fully saturated rings. The highest BCUT2D eigenvalue weighted by molar-refractivity contribution is 7.47. The molecule has 19 heavy (non-hydrogen) atoms. The van der Waals surface area contributed by atoms with Gasteiger partial charge in [-0.2, -0.15) is 0 Å². The van der Waals surface area contributed by atoms with Crippen LogP contribution < -0.4 is 9.05 Å². The Morgan fingerprint density at radius 1 is 0.684 bits per heavy atom. The molecule has 0 saturated carbocycles. The van der Waals surface area contributed by atoms with Crippen LogP contribution in [-0.2, 0) is 0 Å². The molecular formula is C15H18ClO2P. The highest BCUT2D eigenvalue weighted by atomic mass is 35.5. The van der Waals surface area contributed by atoms with E-state index in [1.807, 2.05) is 55.2 Å². The van der Waals surface area contributed by atoms with Crippen molar-refractivity contribution in [3.05, 3.63) is 59.7 Å². The van der Waals surface area contributed by atoms with Crippen molar-refractivity contribution in [2.24, 2.45) is 0 Å². The molecule has 0 aliphatic heterocycles. The summed E-state index contributed by atoms with van der Waals surface area (Å²) in [5, 5.41) is 0. The fraction of sp³-hybridized carbons (Fsp3) is 0.200. The summed E-state index contributed by atoms with van der Waals surface area (Å²) >= 11 is 0. The van der Waals surface area contributed by atoms with Crippen molar-refractivity contribution in [3.63, 3.8) is 0 Å². The van der Waals surface area contributed by atoms with Gasteiger partial charge in [-0.15, -0.1) is 12.4 Å². The first kappa shape index (κ1) is 15.8. The van der Waals surface area contributed by atoms with E-state index in [4.69, 9.17) is 9.05 Å². The minimum Gasteiger partial charge on any atom is -0.439 e. The van der Waals surface area contributed by atoms with Gasteiger partial charge in [0.05, 0.1) is 0 Å². The van der Waals surface area contributed by atoms with Crippen molar-refractivity contribution >= 4 is 20.8 Å². The zero-order valence-corrected chi connectivity index (χ0v) is 13.0. The van der Waals surface area contributed by atoms with Crippen LogP contribution in [0.25, 0.3) is 0 Å². The second-order valence-corrected chi connectivity index (χ2v) is 5.49. The van der Waals surface area contributed by atoms with Crippen LogP contribution in [0.5, 0.6) is 11.5 Å². The fourth-order valence-electron chi connectivity index (χ4n) is 1.51. The second kappa shape index (κ2) is 7.37. The van der Waals surface area contributed by atoms with Crippen molar-refractivity contribution in [1.29, 1.82) is 0 Å². The standard InChI is InChI=1S/C15H17O2P.ClH/c1-12-4-8-14(9-5-12)16-18(3)17-15-10-6-13(2)7-11-15;/h4-11H,1-3H3;1H. The average molecular weight is 297 g/mol. The first-order valence-electron chi connectivity index (χ1n) is 5.86. The Morgan fingerprint density at radius 2 is 1.00 bits per heavy atom. The third-order valence-corrected chi connectivity index (χ3v) is 3.45. The van der Waals surface area contributed by atoms with E-state index in [-0.39, 0.29) is 12.4 Å². The van der Waals surface area contributed by atoms with Gasteiger partial charge in [-0.3, -0.25) is 0 Å². The van der Waals surface area contributed by atoms with E-state index in [1.54, 1.807) is 0 Å². The van der Waals surface area contributed by atoms with Crippen molar-refractivity contribution < 1.29 is 9.05 Å². The summed E-state index contributed by atoms with van der Waals surface area (Å²) in [4.78, 5) is 0. The molecule has 0 unspecified atom stereocenters. The molecular weight excluding hydrogens is 279 g/mol. The van der Waals surface area contributed by atoms with Gasteiger partial charge in [-0.1, -0.05) is 35.4 Å². The highest BCUT2D eigenvalue weighted by Crippen LogP contribution is 2.36. The fourth-order valence-corrected chi connectivity index (χ4v) is 2.39. The quantitative estimate of drug-likeness (QED) is 0.729. The number of hydrogen-bond acceptors (Lipinski definition) is 2. The van der Waals surface area contributed by atoms with Gasteiger partial charge >= 0.3 is 0 Å². The maximum absolute atomic E-state index is 5.75. The van der Waals surface area contributed by atoms with E-state index in [1.165, 1.54) is 11.1 Å². The Kier molecular flexibility index (Phi) is 6.14. The molecule has 0 N–H and O–H groups in total. The third-order valence-electron chi connectivity index (χ3n) is 2.51. The first-order valence-corrected chi connectivity index (χ1v) is 7.49. The minimum atomic E-state index is -0.952. The van der Waals surface area contributed by atoms with Crippen LogP contribution in [0.4, 0.5) is 0 Å². The molecule has 0 radical (unpaired) electrons. The molecule has 2 aromatic rings. The Bertz CT molecular complexity index is 449. The maximum Gasteiger partial charge on any atom is 0.286 e. The summed E-state index contributed by atoms with van der Waals surface area (Å²) in [6, 6.07) is 16.0. The molecule has 0 aromatic heterocycles. The maximum atomic E-state index is 5.75. The van der Waals surface area contributed by atoms with Crippen LogP contribution in [-0.4, -0.2) is 6.66 Å².